The Morgan fingerprint density at radius 2 is 1.60 bits per heavy atom. The van der Waals surface area contributed by atoms with Gasteiger partial charge in [0.1, 0.15) is 6.04 Å². The van der Waals surface area contributed by atoms with E-state index in [1.54, 1.807) is 17.3 Å². The number of carbonyl (C=O) groups excluding carboxylic acids is 4. The van der Waals surface area contributed by atoms with Crippen molar-refractivity contribution in [1.82, 2.24) is 25.5 Å². The molecule has 5 amide bonds. The first-order chi connectivity index (χ1) is 23.1. The molecule has 258 valence electrons. The minimum absolute atomic E-state index is 0.0388. The number of hydrogen-bond donors (Lipinski definition) is 5. The largest absolute Gasteiger partial charge is 0.480 e. The van der Waals surface area contributed by atoms with Crippen LogP contribution in [-0.4, -0.2) is 81.1 Å². The molecule has 2 atom stereocenters. The summed E-state index contributed by atoms with van der Waals surface area (Å²) in [6.45, 7) is 4.40. The average molecular weight is 663 g/mol. The summed E-state index contributed by atoms with van der Waals surface area (Å²) in [6, 6.07) is 8.36. The van der Waals surface area contributed by atoms with E-state index in [4.69, 9.17) is 10.8 Å². The van der Waals surface area contributed by atoms with Crippen LogP contribution in [-0.2, 0) is 32.3 Å². The second-order valence-electron chi connectivity index (χ2n) is 12.3. The Kier molecular flexibility index (Phi) is 13.4. The lowest BCUT2D eigenvalue weighted by Crippen LogP contribution is -2.37. The normalized spacial score (nSPS) is 16.2. The number of rotatable bonds is 17. The molecule has 1 aromatic heterocycles. The highest BCUT2D eigenvalue weighted by Crippen LogP contribution is 2.24. The number of nitrogens with zero attached hydrogens (tertiary/aromatic N) is 4. The van der Waals surface area contributed by atoms with Gasteiger partial charge < -0.3 is 31.7 Å². The first-order valence-corrected chi connectivity index (χ1v) is 16.6. The van der Waals surface area contributed by atoms with Crippen LogP contribution in [0.1, 0.15) is 81.4 Å². The molecule has 0 bridgehead atoms. The second-order valence-corrected chi connectivity index (χ2v) is 12.3. The molecule has 0 spiro atoms. The molecule has 14 heteroatoms. The molecular formula is C34H46N8O6. The number of hydrogen-bond acceptors (Lipinski definition) is 8. The second kappa shape index (κ2) is 17.9. The number of amides is 5. The van der Waals surface area contributed by atoms with Gasteiger partial charge in [0, 0.05) is 76.0 Å². The van der Waals surface area contributed by atoms with Gasteiger partial charge in [0.05, 0.1) is 5.71 Å². The van der Waals surface area contributed by atoms with E-state index in [9.17, 15) is 24.0 Å². The highest BCUT2D eigenvalue weighted by atomic mass is 16.4. The Hall–Kier alpha value is -4.85. The summed E-state index contributed by atoms with van der Waals surface area (Å²) in [6.07, 6.45) is 7.74. The predicted molar refractivity (Wildman–Crippen MR) is 180 cm³/mol. The molecule has 1 unspecified atom stereocenters. The maximum Gasteiger partial charge on any atom is 0.322 e. The van der Waals surface area contributed by atoms with Crippen LogP contribution in [0, 0.1) is 5.92 Å². The van der Waals surface area contributed by atoms with Crippen molar-refractivity contribution in [3.05, 3.63) is 59.4 Å². The zero-order valence-electron chi connectivity index (χ0n) is 27.5. The molecule has 0 radical (unpaired) electrons. The van der Waals surface area contributed by atoms with Crippen LogP contribution in [0.4, 0.5) is 10.5 Å². The lowest BCUT2D eigenvalue weighted by molar-refractivity contribution is -0.138. The number of benzene rings is 1. The summed E-state index contributed by atoms with van der Waals surface area (Å²) in [5.41, 5.74) is 9.99. The van der Waals surface area contributed by atoms with Crippen molar-refractivity contribution in [3.8, 4) is 0 Å². The van der Waals surface area contributed by atoms with Crippen molar-refractivity contribution in [1.29, 1.82) is 0 Å². The van der Waals surface area contributed by atoms with Crippen molar-refractivity contribution < 1.29 is 29.1 Å². The van der Waals surface area contributed by atoms with Crippen LogP contribution >= 0.6 is 0 Å². The smallest absolute Gasteiger partial charge is 0.322 e. The van der Waals surface area contributed by atoms with E-state index in [2.05, 4.69) is 26.0 Å². The van der Waals surface area contributed by atoms with E-state index in [0.29, 0.717) is 83.4 Å². The number of carbonyl (C=O) groups is 5. The molecule has 4 rings (SSSR count). The number of fused-ring (bicyclic) bond motifs is 1. The summed E-state index contributed by atoms with van der Waals surface area (Å²) >= 11 is 0. The van der Waals surface area contributed by atoms with Gasteiger partial charge in [-0.25, -0.2) is 9.80 Å². The highest BCUT2D eigenvalue weighted by Gasteiger charge is 2.27. The first kappa shape index (κ1) is 36.0. The molecule has 2 aromatic rings. The molecule has 2 aliphatic heterocycles. The van der Waals surface area contributed by atoms with E-state index in [1.807, 2.05) is 37.3 Å². The summed E-state index contributed by atoms with van der Waals surface area (Å²) in [5.74, 6) is -1.38. The number of hydrazone groups is 1. The van der Waals surface area contributed by atoms with Crippen LogP contribution in [0.3, 0.4) is 0 Å². The van der Waals surface area contributed by atoms with Gasteiger partial charge in [-0.3, -0.25) is 24.2 Å². The number of nitrogens with two attached hydrogens (primary N) is 1. The Labute approximate surface area is 280 Å². The van der Waals surface area contributed by atoms with Gasteiger partial charge in [-0.1, -0.05) is 19.1 Å². The van der Waals surface area contributed by atoms with Gasteiger partial charge in [0.25, 0.3) is 0 Å². The van der Waals surface area contributed by atoms with Crippen LogP contribution in [0.2, 0.25) is 0 Å². The molecule has 6 N–H and O–H groups in total. The van der Waals surface area contributed by atoms with Crippen molar-refractivity contribution in [2.24, 2.45) is 16.8 Å². The maximum atomic E-state index is 12.8. The average Bonchev–Trinajstić information content (AvgIpc) is 3.50. The van der Waals surface area contributed by atoms with E-state index in [-0.39, 0.29) is 42.5 Å². The predicted octanol–water partition coefficient (Wildman–Crippen LogP) is 2.97. The summed E-state index contributed by atoms with van der Waals surface area (Å²) in [7, 11) is 0. The molecule has 0 saturated heterocycles. The summed E-state index contributed by atoms with van der Waals surface area (Å²) < 4.78 is 0. The van der Waals surface area contributed by atoms with E-state index >= 15 is 0 Å². The number of nitrogens with one attached hydrogen (secondary N) is 3. The van der Waals surface area contributed by atoms with Gasteiger partial charge in [0.15, 0.2) is 0 Å². The fourth-order valence-electron chi connectivity index (χ4n) is 5.60. The standard InChI is InChI=1S/C34H46N8O6/c1-23-19-31(45)42(18-5-4-16-38-30(44)9-6-8-29(43)37-15-3-2-7-28(35)33(46)47)40-32(23)24-10-12-27(13-11-24)39-34(48)41-21-25-14-17-36-20-26(25)22-41/h10-14,17,20,23,28H,2-9,15-16,18-19,21-22,35H2,1H3,(H,37,43)(H,38,44)(H,39,48)(H,46,47)/t23?,28-/m0/s1. The summed E-state index contributed by atoms with van der Waals surface area (Å²) in [5, 5.41) is 23.5. The maximum absolute atomic E-state index is 12.8. The SMILES string of the molecule is CC1CC(=O)N(CCCCNC(=O)CCCC(=O)NCCCC[C@H](N)C(=O)O)N=C1c1ccc(NC(=O)N2Cc3ccncc3C2)cc1. The number of carboxylic acids is 1. The Balaban J connectivity index is 1.11. The molecule has 3 heterocycles. The Bertz CT molecular complexity index is 1460. The van der Waals surface area contributed by atoms with E-state index in [1.165, 1.54) is 5.01 Å². The Morgan fingerprint density at radius 1 is 0.938 bits per heavy atom. The third kappa shape index (κ3) is 10.9. The van der Waals surface area contributed by atoms with Crippen molar-refractivity contribution >= 4 is 41.1 Å². The number of aliphatic carboxylic acids is 1. The lowest BCUT2D eigenvalue weighted by Gasteiger charge is -2.28. The third-order valence-electron chi connectivity index (χ3n) is 8.42. The molecule has 0 aliphatic carbocycles. The molecule has 2 aliphatic rings. The fraction of sp³-hybridized carbons (Fsp3) is 0.500. The van der Waals surface area contributed by atoms with Crippen LogP contribution in [0.5, 0.6) is 0 Å². The van der Waals surface area contributed by atoms with Gasteiger partial charge >= 0.3 is 12.0 Å². The van der Waals surface area contributed by atoms with Gasteiger partial charge in [-0.15, -0.1) is 0 Å². The minimum Gasteiger partial charge on any atom is -0.480 e. The first-order valence-electron chi connectivity index (χ1n) is 16.6. The van der Waals surface area contributed by atoms with E-state index in [0.717, 1.165) is 22.4 Å². The number of pyridine rings is 1. The number of urea groups is 1. The minimum atomic E-state index is -1.03. The van der Waals surface area contributed by atoms with E-state index < -0.39 is 12.0 Å². The number of anilines is 1. The number of unbranched alkanes of at least 4 members (excludes halogenated alkanes) is 2. The number of aromatic nitrogens is 1. The molecule has 48 heavy (non-hydrogen) atoms. The number of carboxylic acid groups (broad SMARTS) is 1. The Morgan fingerprint density at radius 3 is 2.27 bits per heavy atom. The monoisotopic (exact) mass is 662 g/mol. The molecule has 1 aromatic carbocycles. The van der Waals surface area contributed by atoms with Crippen LogP contribution in [0.15, 0.2) is 47.8 Å². The zero-order chi connectivity index (χ0) is 34.5. The van der Waals surface area contributed by atoms with Gasteiger partial charge in [-0.05, 0) is 73.4 Å². The van der Waals surface area contributed by atoms with Crippen LogP contribution in [0.25, 0.3) is 0 Å². The molecule has 0 fully saturated rings. The van der Waals surface area contributed by atoms with Crippen LogP contribution < -0.4 is 21.7 Å². The van der Waals surface area contributed by atoms with Gasteiger partial charge in [0.2, 0.25) is 17.7 Å². The molecule has 14 nitrogen and oxygen atoms in total. The molecular weight excluding hydrogens is 616 g/mol. The topological polar surface area (TPSA) is 199 Å². The highest BCUT2D eigenvalue weighted by molar-refractivity contribution is 6.06. The fourth-order valence-corrected chi connectivity index (χ4v) is 5.60. The van der Waals surface area contributed by atoms with Crippen molar-refractivity contribution in [2.45, 2.75) is 83.8 Å². The third-order valence-corrected chi connectivity index (χ3v) is 8.42. The quantitative estimate of drug-likeness (QED) is 0.159. The van der Waals surface area contributed by atoms with Gasteiger partial charge in [-0.2, -0.15) is 5.10 Å². The van der Waals surface area contributed by atoms with Crippen molar-refractivity contribution in [3.63, 3.8) is 0 Å². The zero-order valence-corrected chi connectivity index (χ0v) is 27.5. The lowest BCUT2D eigenvalue weighted by atomic mass is 9.93. The molecule has 0 saturated carbocycles. The summed E-state index contributed by atoms with van der Waals surface area (Å²) in [4.78, 5) is 66.2. The van der Waals surface area contributed by atoms with Crippen molar-refractivity contribution in [2.75, 3.05) is 25.0 Å².